The third-order valence-electron chi connectivity index (χ3n) is 5.91. The van der Waals surface area contributed by atoms with Gasteiger partial charge in [0.2, 0.25) is 0 Å². The van der Waals surface area contributed by atoms with Crippen molar-refractivity contribution in [3.05, 3.63) is 53.6 Å². The first-order valence-corrected chi connectivity index (χ1v) is 10.3. The van der Waals surface area contributed by atoms with Gasteiger partial charge in [0.15, 0.2) is 17.5 Å². The Labute approximate surface area is 173 Å². The summed E-state index contributed by atoms with van der Waals surface area (Å²) in [5.41, 5.74) is 3.24. The van der Waals surface area contributed by atoms with Gasteiger partial charge in [0.25, 0.3) is 5.91 Å². The molecular weight excluding hydrogens is 366 g/mol. The highest BCUT2D eigenvalue weighted by Gasteiger charge is 2.31. The summed E-state index contributed by atoms with van der Waals surface area (Å²) in [7, 11) is 3.32. The Morgan fingerprint density at radius 3 is 2.38 bits per heavy atom. The van der Waals surface area contributed by atoms with Crippen LogP contribution in [0.5, 0.6) is 11.5 Å². The molecule has 1 fully saturated rings. The second kappa shape index (κ2) is 9.76. The molecule has 156 valence electrons. The quantitative estimate of drug-likeness (QED) is 0.629. The molecule has 0 unspecified atom stereocenters. The Kier molecular flexibility index (Phi) is 7.12. The number of benzene rings is 2. The van der Waals surface area contributed by atoms with E-state index in [4.69, 9.17) is 9.47 Å². The zero-order valence-corrected chi connectivity index (χ0v) is 17.9. The molecule has 1 aliphatic rings. The number of nitrogens with one attached hydrogen (secondary N) is 3. The molecule has 1 amide bonds. The van der Waals surface area contributed by atoms with E-state index in [-0.39, 0.29) is 11.9 Å². The van der Waals surface area contributed by atoms with Crippen LogP contribution in [-0.2, 0) is 11.3 Å². The summed E-state index contributed by atoms with van der Waals surface area (Å²) in [6.07, 6.45) is 0. The standard InChI is InChI=1S/C23H31N3O3/c1-17-7-5-6-8-20(17)24-23(27)18(2)26-13-11-25(12-14-26)16-19-9-10-21(28-3)22(15-19)29-4/h5-10,15,18H,11-14,16H2,1-4H3,(H,24,27)/p+2/t18-/m0/s1. The molecule has 1 atom stereocenters. The number of carbonyl (C=O) groups is 1. The normalized spacial score (nSPS) is 20.0. The first kappa shape index (κ1) is 21.1. The number of anilines is 1. The van der Waals surface area contributed by atoms with Gasteiger partial charge in [0, 0.05) is 11.3 Å². The van der Waals surface area contributed by atoms with Gasteiger partial charge in [0.1, 0.15) is 32.7 Å². The van der Waals surface area contributed by atoms with Crippen molar-refractivity contribution in [2.45, 2.75) is 26.4 Å². The topological polar surface area (TPSA) is 56.4 Å². The maximum atomic E-state index is 12.7. The predicted molar refractivity (Wildman–Crippen MR) is 114 cm³/mol. The third kappa shape index (κ3) is 5.28. The van der Waals surface area contributed by atoms with Crippen molar-refractivity contribution in [1.29, 1.82) is 0 Å². The smallest absolute Gasteiger partial charge is 0.282 e. The number of carbonyl (C=O) groups excluding carboxylic acids is 1. The third-order valence-corrected chi connectivity index (χ3v) is 5.91. The van der Waals surface area contributed by atoms with E-state index in [1.807, 2.05) is 44.2 Å². The number of hydrogen-bond acceptors (Lipinski definition) is 3. The highest BCUT2D eigenvalue weighted by molar-refractivity contribution is 5.94. The van der Waals surface area contributed by atoms with Crippen molar-refractivity contribution < 1.29 is 24.1 Å². The minimum atomic E-state index is -0.0581. The number of para-hydroxylation sites is 1. The van der Waals surface area contributed by atoms with E-state index in [2.05, 4.69) is 17.4 Å². The van der Waals surface area contributed by atoms with Crippen LogP contribution in [-0.4, -0.2) is 52.3 Å². The predicted octanol–water partition coefficient (Wildman–Crippen LogP) is 0.323. The summed E-state index contributed by atoms with van der Waals surface area (Å²) in [4.78, 5) is 15.6. The molecule has 0 spiro atoms. The second-order valence-corrected chi connectivity index (χ2v) is 7.80. The molecule has 1 aliphatic heterocycles. The zero-order chi connectivity index (χ0) is 20.8. The Morgan fingerprint density at radius 1 is 1.03 bits per heavy atom. The number of methoxy groups -OCH3 is 2. The summed E-state index contributed by atoms with van der Waals surface area (Å²) in [5.74, 6) is 1.63. The number of hydrogen-bond donors (Lipinski definition) is 3. The van der Waals surface area contributed by atoms with E-state index >= 15 is 0 Å². The number of piperazine rings is 1. The van der Waals surface area contributed by atoms with Gasteiger partial charge in [-0.05, 0) is 43.7 Å². The van der Waals surface area contributed by atoms with E-state index in [9.17, 15) is 4.79 Å². The van der Waals surface area contributed by atoms with Gasteiger partial charge in [-0.2, -0.15) is 0 Å². The minimum Gasteiger partial charge on any atom is -0.493 e. The van der Waals surface area contributed by atoms with Crippen LogP contribution in [0.25, 0.3) is 0 Å². The molecule has 3 rings (SSSR count). The fraction of sp³-hybridized carbons (Fsp3) is 0.435. The van der Waals surface area contributed by atoms with Crippen molar-refractivity contribution in [3.63, 3.8) is 0 Å². The summed E-state index contributed by atoms with van der Waals surface area (Å²) >= 11 is 0. The van der Waals surface area contributed by atoms with Crippen molar-refractivity contribution in [2.24, 2.45) is 0 Å². The molecule has 0 saturated carbocycles. The van der Waals surface area contributed by atoms with Gasteiger partial charge in [0.05, 0.1) is 14.2 Å². The van der Waals surface area contributed by atoms with Crippen molar-refractivity contribution in [2.75, 3.05) is 45.7 Å². The molecule has 2 aromatic carbocycles. The Balaban J connectivity index is 1.52. The minimum absolute atomic E-state index is 0.0581. The summed E-state index contributed by atoms with van der Waals surface area (Å²) < 4.78 is 10.7. The number of rotatable bonds is 7. The van der Waals surface area contributed by atoms with Gasteiger partial charge >= 0.3 is 0 Å². The Bertz CT molecular complexity index is 832. The molecule has 0 aromatic heterocycles. The monoisotopic (exact) mass is 399 g/mol. The van der Waals surface area contributed by atoms with Gasteiger partial charge in [-0.25, -0.2) is 0 Å². The van der Waals surface area contributed by atoms with E-state index in [0.717, 1.165) is 55.5 Å². The maximum Gasteiger partial charge on any atom is 0.282 e. The van der Waals surface area contributed by atoms with Crippen molar-refractivity contribution in [3.8, 4) is 11.5 Å². The van der Waals surface area contributed by atoms with Crippen molar-refractivity contribution >= 4 is 11.6 Å². The molecule has 2 aromatic rings. The SMILES string of the molecule is COc1ccc(C[NH+]2CC[NH+]([C@@H](C)C(=O)Nc3ccccc3C)CC2)cc1OC. The molecule has 0 aliphatic carbocycles. The number of amides is 1. The first-order valence-electron chi connectivity index (χ1n) is 10.3. The van der Waals surface area contributed by atoms with E-state index < -0.39 is 0 Å². The van der Waals surface area contributed by atoms with E-state index in [1.54, 1.807) is 14.2 Å². The molecule has 6 nitrogen and oxygen atoms in total. The number of aryl methyl sites for hydroxylation is 1. The average molecular weight is 400 g/mol. The lowest BCUT2D eigenvalue weighted by Crippen LogP contribution is -3.29. The lowest BCUT2D eigenvalue weighted by molar-refractivity contribution is -1.02. The molecule has 29 heavy (non-hydrogen) atoms. The summed E-state index contributed by atoms with van der Waals surface area (Å²) in [6, 6.07) is 14.0. The van der Waals surface area contributed by atoms with Crippen LogP contribution < -0.4 is 24.6 Å². The molecule has 1 heterocycles. The van der Waals surface area contributed by atoms with E-state index in [1.165, 1.54) is 15.4 Å². The Morgan fingerprint density at radius 2 is 1.72 bits per heavy atom. The van der Waals surface area contributed by atoms with Crippen LogP contribution >= 0.6 is 0 Å². The van der Waals surface area contributed by atoms with Gasteiger partial charge in [-0.1, -0.05) is 18.2 Å². The Hall–Kier alpha value is -2.57. The number of ether oxygens (including phenoxy) is 2. The largest absolute Gasteiger partial charge is 0.493 e. The van der Waals surface area contributed by atoms with E-state index in [0.29, 0.717) is 0 Å². The molecule has 3 N–H and O–H groups in total. The fourth-order valence-electron chi connectivity index (χ4n) is 3.95. The lowest BCUT2D eigenvalue weighted by atomic mass is 10.1. The van der Waals surface area contributed by atoms with Gasteiger partial charge < -0.3 is 24.6 Å². The lowest BCUT2D eigenvalue weighted by Gasteiger charge is -2.32. The van der Waals surface area contributed by atoms with Gasteiger partial charge in [-0.3, -0.25) is 4.79 Å². The highest BCUT2D eigenvalue weighted by Crippen LogP contribution is 2.27. The maximum absolute atomic E-state index is 12.7. The van der Waals surface area contributed by atoms with Crippen LogP contribution in [0.3, 0.4) is 0 Å². The second-order valence-electron chi connectivity index (χ2n) is 7.80. The van der Waals surface area contributed by atoms with Crippen LogP contribution in [0.15, 0.2) is 42.5 Å². The molecular formula is C23H33N3O3+2. The van der Waals surface area contributed by atoms with Gasteiger partial charge in [-0.15, -0.1) is 0 Å². The molecule has 6 heteroatoms. The summed E-state index contributed by atoms with van der Waals surface area (Å²) in [6.45, 7) is 9.08. The van der Waals surface area contributed by atoms with Crippen molar-refractivity contribution in [1.82, 2.24) is 0 Å². The highest BCUT2D eigenvalue weighted by atomic mass is 16.5. The molecule has 0 bridgehead atoms. The van der Waals surface area contributed by atoms with Crippen LogP contribution in [0.4, 0.5) is 5.69 Å². The molecule has 1 saturated heterocycles. The average Bonchev–Trinajstić information content (AvgIpc) is 2.75. The van der Waals surface area contributed by atoms with Crippen LogP contribution in [0.1, 0.15) is 18.1 Å². The van der Waals surface area contributed by atoms with Crippen LogP contribution in [0, 0.1) is 6.92 Å². The zero-order valence-electron chi connectivity index (χ0n) is 17.9. The van der Waals surface area contributed by atoms with Crippen LogP contribution in [0.2, 0.25) is 0 Å². The summed E-state index contributed by atoms with van der Waals surface area (Å²) in [5, 5.41) is 3.09. The number of quaternary nitrogens is 2. The fourth-order valence-corrected chi connectivity index (χ4v) is 3.95. The first-order chi connectivity index (χ1) is 14.0. The molecule has 0 radical (unpaired) electrons.